The van der Waals surface area contributed by atoms with Crippen LogP contribution in [0.25, 0.3) is 11.1 Å². The minimum absolute atomic E-state index is 0.0234. The van der Waals surface area contributed by atoms with Crippen molar-refractivity contribution in [2.45, 2.75) is 6.92 Å². The van der Waals surface area contributed by atoms with Crippen molar-refractivity contribution < 1.29 is 14.6 Å². The number of hydrogen-bond acceptors (Lipinski definition) is 3. The number of rotatable bonds is 4. The zero-order valence-electron chi connectivity index (χ0n) is 13.6. The normalized spacial score (nSPS) is 10.4. The van der Waals surface area contributed by atoms with Crippen LogP contribution < -0.4 is 4.74 Å². The van der Waals surface area contributed by atoms with Gasteiger partial charge < -0.3 is 9.84 Å². The number of phenols is 1. The molecule has 3 aromatic rings. The number of para-hydroxylation sites is 1. The maximum Gasteiger partial charge on any atom is 0.201 e. The molecule has 3 nitrogen and oxygen atoms in total. The van der Waals surface area contributed by atoms with Crippen LogP contribution in [-0.4, -0.2) is 18.0 Å². The van der Waals surface area contributed by atoms with Crippen molar-refractivity contribution in [2.24, 2.45) is 0 Å². The van der Waals surface area contributed by atoms with E-state index < -0.39 is 0 Å². The highest BCUT2D eigenvalue weighted by Gasteiger charge is 2.22. The van der Waals surface area contributed by atoms with E-state index in [1.54, 1.807) is 24.3 Å². The summed E-state index contributed by atoms with van der Waals surface area (Å²) in [6.45, 7) is 1.89. The van der Waals surface area contributed by atoms with Crippen LogP contribution >= 0.6 is 0 Å². The minimum atomic E-state index is -0.260. The molecule has 3 rings (SSSR count). The molecule has 1 N–H and O–H groups in total. The van der Waals surface area contributed by atoms with E-state index in [2.05, 4.69) is 0 Å². The molecule has 3 heteroatoms. The van der Waals surface area contributed by atoms with E-state index in [0.29, 0.717) is 16.9 Å². The van der Waals surface area contributed by atoms with E-state index in [0.717, 1.165) is 11.1 Å². The third-order valence-corrected chi connectivity index (χ3v) is 3.93. The fraction of sp³-hybridized carbons (Fsp3) is 0.0952. The molecular weight excluding hydrogens is 300 g/mol. The molecular formula is C21H18O3. The average Bonchev–Trinajstić information content (AvgIpc) is 2.61. The summed E-state index contributed by atoms with van der Waals surface area (Å²) in [5, 5.41) is 10.5. The van der Waals surface area contributed by atoms with Gasteiger partial charge in [-0.15, -0.1) is 0 Å². The van der Waals surface area contributed by atoms with Gasteiger partial charge in [0.15, 0.2) is 0 Å². The average molecular weight is 318 g/mol. The van der Waals surface area contributed by atoms with Crippen molar-refractivity contribution in [3.63, 3.8) is 0 Å². The van der Waals surface area contributed by atoms with Crippen molar-refractivity contribution in [3.05, 3.63) is 83.4 Å². The Morgan fingerprint density at radius 3 is 2.33 bits per heavy atom. The van der Waals surface area contributed by atoms with Crippen molar-refractivity contribution in [2.75, 3.05) is 7.11 Å². The second-order valence-corrected chi connectivity index (χ2v) is 5.60. The first-order valence-corrected chi connectivity index (χ1v) is 7.68. The van der Waals surface area contributed by atoms with Crippen molar-refractivity contribution in [1.29, 1.82) is 0 Å². The maximum atomic E-state index is 13.1. The molecule has 0 fully saturated rings. The monoisotopic (exact) mass is 318 g/mol. The summed E-state index contributed by atoms with van der Waals surface area (Å²) in [4.78, 5) is 13.1. The number of carbonyl (C=O) groups is 1. The number of benzene rings is 3. The maximum absolute atomic E-state index is 13.1. The Balaban J connectivity index is 2.22. The molecule has 0 aliphatic rings. The molecule has 120 valence electrons. The zero-order valence-corrected chi connectivity index (χ0v) is 13.6. The molecule has 0 unspecified atom stereocenters. The topological polar surface area (TPSA) is 46.5 Å². The first-order chi connectivity index (χ1) is 11.6. The number of phenolic OH excluding ortho intramolecular Hbond substituents is 1. The number of hydrogen-bond donors (Lipinski definition) is 1. The van der Waals surface area contributed by atoms with E-state index in [-0.39, 0.29) is 17.1 Å². The van der Waals surface area contributed by atoms with Crippen molar-refractivity contribution >= 4 is 5.78 Å². The van der Waals surface area contributed by atoms with Gasteiger partial charge in [0.25, 0.3) is 0 Å². The van der Waals surface area contributed by atoms with E-state index >= 15 is 0 Å². The predicted octanol–water partition coefficient (Wildman–Crippen LogP) is 4.61. The molecule has 0 spiro atoms. The number of methoxy groups -OCH3 is 1. The van der Waals surface area contributed by atoms with Gasteiger partial charge >= 0.3 is 0 Å². The molecule has 3 aromatic carbocycles. The van der Waals surface area contributed by atoms with Crippen LogP contribution in [-0.2, 0) is 0 Å². The molecule has 24 heavy (non-hydrogen) atoms. The van der Waals surface area contributed by atoms with Gasteiger partial charge in [0.1, 0.15) is 11.5 Å². The molecule has 0 bridgehead atoms. The van der Waals surface area contributed by atoms with Crippen LogP contribution in [0.1, 0.15) is 21.5 Å². The largest absolute Gasteiger partial charge is 0.507 e. The Morgan fingerprint density at radius 2 is 1.62 bits per heavy atom. The first-order valence-electron chi connectivity index (χ1n) is 7.68. The summed E-state index contributed by atoms with van der Waals surface area (Å²) in [6, 6.07) is 20.1. The van der Waals surface area contributed by atoms with E-state index in [4.69, 9.17) is 4.74 Å². The number of aromatic hydroxyl groups is 1. The Labute approximate surface area is 141 Å². The van der Waals surface area contributed by atoms with Gasteiger partial charge in [-0.05, 0) is 41.8 Å². The number of ether oxygens (including phenoxy) is 1. The lowest BCUT2D eigenvalue weighted by atomic mass is 9.91. The zero-order chi connectivity index (χ0) is 17.1. The lowest BCUT2D eigenvalue weighted by Crippen LogP contribution is -2.06. The summed E-state index contributed by atoms with van der Waals surface area (Å²) in [7, 11) is 1.53. The molecule has 0 saturated heterocycles. The van der Waals surface area contributed by atoms with Crippen LogP contribution in [0.15, 0.2) is 66.7 Å². The molecule has 0 heterocycles. The Morgan fingerprint density at radius 1 is 0.958 bits per heavy atom. The molecule has 0 atom stereocenters. The molecule has 0 aromatic heterocycles. The van der Waals surface area contributed by atoms with Crippen LogP contribution in [0.5, 0.6) is 11.5 Å². The second kappa shape index (κ2) is 6.59. The van der Waals surface area contributed by atoms with E-state index in [1.165, 1.54) is 7.11 Å². The van der Waals surface area contributed by atoms with Gasteiger partial charge in [-0.3, -0.25) is 4.79 Å². The van der Waals surface area contributed by atoms with E-state index in [1.807, 2.05) is 49.4 Å². The fourth-order valence-electron chi connectivity index (χ4n) is 2.82. The van der Waals surface area contributed by atoms with Crippen LogP contribution in [0, 0.1) is 6.92 Å². The fourth-order valence-corrected chi connectivity index (χ4v) is 2.82. The summed E-state index contributed by atoms with van der Waals surface area (Å²) in [6.07, 6.45) is 0. The standard InChI is InChI=1S/C21H18O3/c1-14-12-17(15-8-4-3-5-9-15)20(18(22)13-14)21(23)16-10-6-7-11-19(16)24-2/h3-13,22H,1-2H3. The summed E-state index contributed by atoms with van der Waals surface area (Å²) in [5.74, 6) is 0.204. The third-order valence-electron chi connectivity index (χ3n) is 3.93. The second-order valence-electron chi connectivity index (χ2n) is 5.60. The highest BCUT2D eigenvalue weighted by atomic mass is 16.5. The molecule has 0 aliphatic heterocycles. The Hall–Kier alpha value is -3.07. The highest BCUT2D eigenvalue weighted by Crippen LogP contribution is 2.35. The van der Waals surface area contributed by atoms with Crippen LogP contribution in [0.2, 0.25) is 0 Å². The molecule has 0 radical (unpaired) electrons. The minimum Gasteiger partial charge on any atom is -0.507 e. The van der Waals surface area contributed by atoms with Gasteiger partial charge in [-0.1, -0.05) is 48.5 Å². The quantitative estimate of drug-likeness (QED) is 0.715. The number of ketones is 1. The lowest BCUT2D eigenvalue weighted by molar-refractivity contribution is 0.103. The third kappa shape index (κ3) is 2.88. The van der Waals surface area contributed by atoms with Crippen molar-refractivity contribution in [3.8, 4) is 22.6 Å². The molecule has 0 saturated carbocycles. The lowest BCUT2D eigenvalue weighted by Gasteiger charge is -2.14. The Kier molecular flexibility index (Phi) is 4.34. The van der Waals surface area contributed by atoms with Crippen LogP contribution in [0.3, 0.4) is 0 Å². The van der Waals surface area contributed by atoms with Gasteiger partial charge in [0.2, 0.25) is 5.78 Å². The number of aryl methyl sites for hydroxylation is 1. The molecule has 0 amide bonds. The highest BCUT2D eigenvalue weighted by molar-refractivity contribution is 6.16. The predicted molar refractivity (Wildman–Crippen MR) is 94.7 cm³/mol. The summed E-state index contributed by atoms with van der Waals surface area (Å²) < 4.78 is 5.29. The van der Waals surface area contributed by atoms with Gasteiger partial charge in [-0.2, -0.15) is 0 Å². The smallest absolute Gasteiger partial charge is 0.201 e. The molecule has 0 aliphatic carbocycles. The number of carbonyl (C=O) groups excluding carboxylic acids is 1. The van der Waals surface area contributed by atoms with Gasteiger partial charge in [0.05, 0.1) is 18.2 Å². The van der Waals surface area contributed by atoms with E-state index in [9.17, 15) is 9.90 Å². The SMILES string of the molecule is COc1ccccc1C(=O)c1c(O)cc(C)cc1-c1ccccc1. The van der Waals surface area contributed by atoms with Crippen molar-refractivity contribution in [1.82, 2.24) is 0 Å². The van der Waals surface area contributed by atoms with Gasteiger partial charge in [0, 0.05) is 0 Å². The summed E-state index contributed by atoms with van der Waals surface area (Å²) >= 11 is 0. The Bertz CT molecular complexity index is 883. The van der Waals surface area contributed by atoms with Gasteiger partial charge in [-0.25, -0.2) is 0 Å². The summed E-state index contributed by atoms with van der Waals surface area (Å²) in [5.41, 5.74) is 3.20. The van der Waals surface area contributed by atoms with Crippen LogP contribution in [0.4, 0.5) is 0 Å². The first kappa shape index (κ1) is 15.8.